The molecule has 0 aromatic heterocycles. The van der Waals surface area contributed by atoms with Crippen LogP contribution in [0.3, 0.4) is 0 Å². The SMILES string of the molecule is COc1cc(/C=C(\C#N)c2ccccc2)c(Br)cc1OCc1ccc(C)cc1. The van der Waals surface area contributed by atoms with E-state index in [0.717, 1.165) is 21.2 Å². The third-order valence-electron chi connectivity index (χ3n) is 4.30. The largest absolute Gasteiger partial charge is 0.493 e. The van der Waals surface area contributed by atoms with Crippen molar-refractivity contribution in [2.45, 2.75) is 13.5 Å². The summed E-state index contributed by atoms with van der Waals surface area (Å²) < 4.78 is 12.3. The number of halogens is 1. The van der Waals surface area contributed by atoms with Gasteiger partial charge in [-0.2, -0.15) is 5.26 Å². The van der Waals surface area contributed by atoms with Gasteiger partial charge in [-0.25, -0.2) is 0 Å². The number of benzene rings is 3. The van der Waals surface area contributed by atoms with Crippen LogP contribution < -0.4 is 9.47 Å². The van der Waals surface area contributed by atoms with Gasteiger partial charge in [0.2, 0.25) is 0 Å². The highest BCUT2D eigenvalue weighted by molar-refractivity contribution is 9.10. The molecule has 0 unspecified atom stereocenters. The Morgan fingerprint density at radius 2 is 1.75 bits per heavy atom. The lowest BCUT2D eigenvalue weighted by Gasteiger charge is -2.13. The van der Waals surface area contributed by atoms with Gasteiger partial charge in [-0.3, -0.25) is 0 Å². The third-order valence-corrected chi connectivity index (χ3v) is 4.99. The van der Waals surface area contributed by atoms with Crippen LogP contribution in [-0.4, -0.2) is 7.11 Å². The summed E-state index contributed by atoms with van der Waals surface area (Å²) in [6.45, 7) is 2.51. The van der Waals surface area contributed by atoms with Crippen LogP contribution in [-0.2, 0) is 6.61 Å². The molecule has 4 heteroatoms. The Morgan fingerprint density at radius 1 is 1.04 bits per heavy atom. The smallest absolute Gasteiger partial charge is 0.162 e. The standard InChI is InChI=1S/C24H20BrNO2/c1-17-8-10-18(11-9-17)16-28-24-14-22(25)20(13-23(24)27-2)12-21(15-26)19-6-4-3-5-7-19/h3-14H,16H2,1-2H3/b21-12+. The van der Waals surface area contributed by atoms with Crippen LogP contribution in [0.1, 0.15) is 22.3 Å². The number of methoxy groups -OCH3 is 1. The summed E-state index contributed by atoms with van der Waals surface area (Å²) in [6.07, 6.45) is 1.84. The fourth-order valence-electron chi connectivity index (χ4n) is 2.73. The minimum atomic E-state index is 0.450. The van der Waals surface area contributed by atoms with E-state index >= 15 is 0 Å². The quantitative estimate of drug-likeness (QED) is 0.333. The summed E-state index contributed by atoms with van der Waals surface area (Å²) in [5, 5.41) is 9.55. The molecule has 0 radical (unpaired) electrons. The van der Waals surface area contributed by atoms with Crippen LogP contribution in [0.15, 0.2) is 71.2 Å². The van der Waals surface area contributed by atoms with E-state index < -0.39 is 0 Å². The molecule has 28 heavy (non-hydrogen) atoms. The highest BCUT2D eigenvalue weighted by atomic mass is 79.9. The topological polar surface area (TPSA) is 42.2 Å². The van der Waals surface area contributed by atoms with Crippen molar-refractivity contribution in [3.8, 4) is 17.6 Å². The van der Waals surface area contributed by atoms with Gasteiger partial charge >= 0.3 is 0 Å². The maximum atomic E-state index is 9.55. The zero-order valence-electron chi connectivity index (χ0n) is 15.8. The summed E-state index contributed by atoms with van der Waals surface area (Å²) in [5.74, 6) is 1.26. The second kappa shape index (κ2) is 9.25. The van der Waals surface area contributed by atoms with Gasteiger partial charge in [-0.1, -0.05) is 76.1 Å². The van der Waals surface area contributed by atoms with Gasteiger partial charge in [-0.05, 0) is 41.8 Å². The molecule has 0 amide bonds. The van der Waals surface area contributed by atoms with Crippen molar-refractivity contribution < 1.29 is 9.47 Å². The minimum absolute atomic E-state index is 0.450. The van der Waals surface area contributed by atoms with Crippen molar-refractivity contribution >= 4 is 27.6 Å². The molecule has 0 N–H and O–H groups in total. The first-order chi connectivity index (χ1) is 13.6. The minimum Gasteiger partial charge on any atom is -0.493 e. The van der Waals surface area contributed by atoms with Gasteiger partial charge in [0.05, 0.1) is 18.8 Å². The molecule has 3 aromatic carbocycles. The van der Waals surface area contributed by atoms with Crippen molar-refractivity contribution in [3.63, 3.8) is 0 Å². The lowest BCUT2D eigenvalue weighted by molar-refractivity contribution is 0.284. The average Bonchev–Trinajstić information content (AvgIpc) is 2.73. The summed E-state index contributed by atoms with van der Waals surface area (Å²) in [5.41, 5.74) is 4.60. The molecule has 0 aliphatic heterocycles. The Bertz CT molecular complexity index is 1020. The van der Waals surface area contributed by atoms with E-state index in [1.54, 1.807) is 7.11 Å². The molecule has 0 aliphatic rings. The second-order valence-electron chi connectivity index (χ2n) is 6.33. The normalized spacial score (nSPS) is 11.0. The maximum Gasteiger partial charge on any atom is 0.162 e. The third kappa shape index (κ3) is 4.82. The van der Waals surface area contributed by atoms with Gasteiger partial charge in [-0.15, -0.1) is 0 Å². The van der Waals surface area contributed by atoms with Crippen LogP contribution in [0.25, 0.3) is 11.6 Å². The van der Waals surface area contributed by atoms with Crippen molar-refractivity contribution in [2.24, 2.45) is 0 Å². The molecule has 3 aromatic rings. The molecule has 0 heterocycles. The van der Waals surface area contributed by atoms with E-state index in [-0.39, 0.29) is 0 Å². The van der Waals surface area contributed by atoms with E-state index in [9.17, 15) is 5.26 Å². The lowest BCUT2D eigenvalue weighted by Crippen LogP contribution is -1.98. The maximum absolute atomic E-state index is 9.55. The molecule has 0 aliphatic carbocycles. The van der Waals surface area contributed by atoms with Crippen molar-refractivity contribution in [1.29, 1.82) is 5.26 Å². The van der Waals surface area contributed by atoms with E-state index in [1.807, 2.05) is 60.7 Å². The summed E-state index contributed by atoms with van der Waals surface area (Å²) in [6, 6.07) is 23.8. The molecule has 0 saturated carbocycles. The lowest BCUT2D eigenvalue weighted by atomic mass is 10.0. The number of rotatable bonds is 6. The molecule has 0 atom stereocenters. The van der Waals surface area contributed by atoms with E-state index in [4.69, 9.17) is 9.47 Å². The predicted octanol–water partition coefficient (Wildman–Crippen LogP) is 6.41. The van der Waals surface area contributed by atoms with E-state index in [1.165, 1.54) is 5.56 Å². The Balaban J connectivity index is 1.88. The van der Waals surface area contributed by atoms with Crippen LogP contribution in [0.4, 0.5) is 0 Å². The molecular formula is C24H20BrNO2. The molecular weight excluding hydrogens is 414 g/mol. The van der Waals surface area contributed by atoms with Crippen LogP contribution in [0, 0.1) is 18.3 Å². The summed E-state index contributed by atoms with van der Waals surface area (Å²) >= 11 is 3.59. The number of nitrogens with zero attached hydrogens (tertiary/aromatic N) is 1. The first-order valence-corrected chi connectivity index (χ1v) is 9.63. The van der Waals surface area contributed by atoms with E-state index in [0.29, 0.717) is 23.7 Å². The van der Waals surface area contributed by atoms with E-state index in [2.05, 4.69) is 41.1 Å². The monoisotopic (exact) mass is 433 g/mol. The average molecular weight is 434 g/mol. The molecule has 3 rings (SSSR count). The highest BCUT2D eigenvalue weighted by Gasteiger charge is 2.11. The first-order valence-electron chi connectivity index (χ1n) is 8.84. The molecule has 3 nitrogen and oxygen atoms in total. The number of ether oxygens (including phenoxy) is 2. The number of allylic oxidation sites excluding steroid dienone is 1. The molecule has 0 spiro atoms. The predicted molar refractivity (Wildman–Crippen MR) is 116 cm³/mol. The fourth-order valence-corrected chi connectivity index (χ4v) is 3.17. The number of aryl methyl sites for hydroxylation is 1. The summed E-state index contributed by atoms with van der Waals surface area (Å²) in [7, 11) is 1.61. The number of hydrogen-bond acceptors (Lipinski definition) is 3. The van der Waals surface area contributed by atoms with Gasteiger partial charge in [0.1, 0.15) is 6.61 Å². The van der Waals surface area contributed by atoms with Crippen molar-refractivity contribution in [1.82, 2.24) is 0 Å². The highest BCUT2D eigenvalue weighted by Crippen LogP contribution is 2.35. The number of hydrogen-bond donors (Lipinski definition) is 0. The van der Waals surface area contributed by atoms with Gasteiger partial charge in [0, 0.05) is 4.47 Å². The first kappa shape index (κ1) is 19.7. The van der Waals surface area contributed by atoms with Crippen molar-refractivity contribution in [2.75, 3.05) is 7.11 Å². The zero-order chi connectivity index (χ0) is 19.9. The molecule has 0 fully saturated rings. The van der Waals surface area contributed by atoms with Crippen molar-refractivity contribution in [3.05, 3.63) is 93.5 Å². The van der Waals surface area contributed by atoms with Gasteiger partial charge in [0.25, 0.3) is 0 Å². The van der Waals surface area contributed by atoms with Crippen LogP contribution >= 0.6 is 15.9 Å². The van der Waals surface area contributed by atoms with Crippen LogP contribution in [0.5, 0.6) is 11.5 Å². The summed E-state index contributed by atoms with van der Waals surface area (Å²) in [4.78, 5) is 0. The zero-order valence-corrected chi connectivity index (χ0v) is 17.4. The van der Waals surface area contributed by atoms with Crippen LogP contribution in [0.2, 0.25) is 0 Å². The molecule has 0 bridgehead atoms. The Labute approximate surface area is 174 Å². The molecule has 140 valence electrons. The Hall–Kier alpha value is -3.03. The Kier molecular flexibility index (Phi) is 6.52. The molecule has 0 saturated heterocycles. The van der Waals surface area contributed by atoms with Gasteiger partial charge < -0.3 is 9.47 Å². The second-order valence-corrected chi connectivity index (χ2v) is 7.19. The fraction of sp³-hybridized carbons (Fsp3) is 0.125. The number of nitriles is 1. The Morgan fingerprint density at radius 3 is 2.39 bits per heavy atom. The van der Waals surface area contributed by atoms with Gasteiger partial charge in [0.15, 0.2) is 11.5 Å².